The van der Waals surface area contributed by atoms with Crippen molar-refractivity contribution in [3.63, 3.8) is 0 Å². The number of nitrogens with one attached hydrogen (secondary N) is 2. The molecule has 4 heteroatoms. The molecule has 2 N–H and O–H groups in total. The molecule has 0 unspecified atom stereocenters. The van der Waals surface area contributed by atoms with Crippen LogP contribution in [0.2, 0.25) is 0 Å². The Labute approximate surface area is 123 Å². The molecule has 106 valence electrons. The van der Waals surface area contributed by atoms with Gasteiger partial charge in [-0.05, 0) is 31.0 Å². The standard InChI is InChI=1S/C17H18N4/c1-12-11-13(2)19-17-15(12)16(20-21-17)18-10-6-9-14-7-4-3-5-8-14/h3-9,11H,10H2,1-2H3,(H2,18,19,20,21)/b9-6+. The number of aromatic amines is 1. The summed E-state index contributed by atoms with van der Waals surface area (Å²) in [5.74, 6) is 0.854. The predicted molar refractivity (Wildman–Crippen MR) is 87.3 cm³/mol. The van der Waals surface area contributed by atoms with Gasteiger partial charge in [0.05, 0.1) is 5.39 Å². The average Bonchev–Trinajstić information content (AvgIpc) is 2.88. The molecule has 0 amide bonds. The lowest BCUT2D eigenvalue weighted by Gasteiger charge is -2.02. The maximum absolute atomic E-state index is 4.46. The summed E-state index contributed by atoms with van der Waals surface area (Å²) in [5, 5.41) is 11.7. The molecule has 3 rings (SSSR count). The molecule has 0 aliphatic heterocycles. The maximum Gasteiger partial charge on any atom is 0.157 e. The lowest BCUT2D eigenvalue weighted by molar-refractivity contribution is 1.08. The van der Waals surface area contributed by atoms with Crippen molar-refractivity contribution in [3.8, 4) is 0 Å². The number of aryl methyl sites for hydroxylation is 2. The van der Waals surface area contributed by atoms with Crippen LogP contribution in [0.1, 0.15) is 16.8 Å². The first-order chi connectivity index (χ1) is 10.2. The molecule has 0 saturated carbocycles. The fraction of sp³-hybridized carbons (Fsp3) is 0.176. The highest BCUT2D eigenvalue weighted by atomic mass is 15.2. The molecule has 2 heterocycles. The monoisotopic (exact) mass is 278 g/mol. The van der Waals surface area contributed by atoms with Gasteiger partial charge in [0.2, 0.25) is 0 Å². The van der Waals surface area contributed by atoms with E-state index >= 15 is 0 Å². The first kappa shape index (κ1) is 13.4. The molecule has 0 spiro atoms. The Morgan fingerprint density at radius 3 is 2.81 bits per heavy atom. The summed E-state index contributed by atoms with van der Waals surface area (Å²) in [7, 11) is 0. The Bertz CT molecular complexity index is 772. The molecule has 4 nitrogen and oxygen atoms in total. The highest BCUT2D eigenvalue weighted by Gasteiger charge is 2.09. The number of fused-ring (bicyclic) bond motifs is 1. The highest BCUT2D eigenvalue weighted by molar-refractivity contribution is 5.90. The lowest BCUT2D eigenvalue weighted by Crippen LogP contribution is -1.99. The van der Waals surface area contributed by atoms with E-state index in [9.17, 15) is 0 Å². The van der Waals surface area contributed by atoms with Crippen molar-refractivity contribution in [1.82, 2.24) is 15.2 Å². The van der Waals surface area contributed by atoms with E-state index in [1.54, 1.807) is 0 Å². The fourth-order valence-corrected chi connectivity index (χ4v) is 2.42. The summed E-state index contributed by atoms with van der Waals surface area (Å²) in [5.41, 5.74) is 4.21. The Morgan fingerprint density at radius 1 is 1.19 bits per heavy atom. The SMILES string of the molecule is Cc1cc(C)c2c(NC/C=C/c3ccccc3)n[nH]c2n1. The first-order valence-corrected chi connectivity index (χ1v) is 7.02. The number of benzene rings is 1. The molecule has 3 aromatic rings. The van der Waals surface area contributed by atoms with Gasteiger partial charge in [-0.3, -0.25) is 5.10 Å². The molecular formula is C17H18N4. The number of nitrogens with zero attached hydrogens (tertiary/aromatic N) is 2. The van der Waals surface area contributed by atoms with Crippen LogP contribution in [0.3, 0.4) is 0 Å². The van der Waals surface area contributed by atoms with Gasteiger partial charge in [0.25, 0.3) is 0 Å². The third-order valence-corrected chi connectivity index (χ3v) is 3.35. The van der Waals surface area contributed by atoms with Crippen LogP contribution in [0.4, 0.5) is 5.82 Å². The van der Waals surface area contributed by atoms with E-state index in [-0.39, 0.29) is 0 Å². The van der Waals surface area contributed by atoms with Crippen molar-refractivity contribution in [2.45, 2.75) is 13.8 Å². The molecular weight excluding hydrogens is 260 g/mol. The van der Waals surface area contributed by atoms with Crippen molar-refractivity contribution in [2.75, 3.05) is 11.9 Å². The van der Waals surface area contributed by atoms with E-state index in [1.807, 2.05) is 25.1 Å². The molecule has 21 heavy (non-hydrogen) atoms. The van der Waals surface area contributed by atoms with Crippen LogP contribution in [0.5, 0.6) is 0 Å². The maximum atomic E-state index is 4.46. The van der Waals surface area contributed by atoms with Crippen LogP contribution in [-0.4, -0.2) is 21.7 Å². The second-order valence-corrected chi connectivity index (χ2v) is 5.07. The molecule has 1 aromatic carbocycles. The van der Waals surface area contributed by atoms with Crippen LogP contribution >= 0.6 is 0 Å². The fourth-order valence-electron chi connectivity index (χ4n) is 2.42. The minimum Gasteiger partial charge on any atom is -0.365 e. The number of anilines is 1. The summed E-state index contributed by atoms with van der Waals surface area (Å²) in [6.45, 7) is 4.79. The summed E-state index contributed by atoms with van der Waals surface area (Å²) in [6, 6.07) is 12.3. The average molecular weight is 278 g/mol. The number of rotatable bonds is 4. The molecule has 0 aliphatic rings. The van der Waals surface area contributed by atoms with Gasteiger partial charge in [-0.2, -0.15) is 5.10 Å². The van der Waals surface area contributed by atoms with E-state index < -0.39 is 0 Å². The normalized spacial score (nSPS) is 11.3. The van der Waals surface area contributed by atoms with Crippen molar-refractivity contribution < 1.29 is 0 Å². The molecule has 0 aliphatic carbocycles. The van der Waals surface area contributed by atoms with E-state index in [0.29, 0.717) is 0 Å². The molecule has 2 aromatic heterocycles. The molecule has 0 bridgehead atoms. The van der Waals surface area contributed by atoms with Crippen LogP contribution in [0.15, 0.2) is 42.5 Å². The van der Waals surface area contributed by atoms with Crippen LogP contribution in [0.25, 0.3) is 17.1 Å². The Hall–Kier alpha value is -2.62. The summed E-state index contributed by atoms with van der Waals surface area (Å²) < 4.78 is 0. The van der Waals surface area contributed by atoms with E-state index in [4.69, 9.17) is 0 Å². The van der Waals surface area contributed by atoms with E-state index in [0.717, 1.165) is 29.1 Å². The van der Waals surface area contributed by atoms with Crippen molar-refractivity contribution in [3.05, 3.63) is 59.3 Å². The number of hydrogen-bond acceptors (Lipinski definition) is 3. The third-order valence-electron chi connectivity index (χ3n) is 3.35. The topological polar surface area (TPSA) is 53.6 Å². The van der Waals surface area contributed by atoms with E-state index in [1.165, 1.54) is 11.1 Å². The number of pyridine rings is 1. The summed E-state index contributed by atoms with van der Waals surface area (Å²) in [4.78, 5) is 4.46. The smallest absolute Gasteiger partial charge is 0.157 e. The van der Waals surface area contributed by atoms with Gasteiger partial charge in [0, 0.05) is 12.2 Å². The Morgan fingerprint density at radius 2 is 2.00 bits per heavy atom. The largest absolute Gasteiger partial charge is 0.365 e. The zero-order valence-corrected chi connectivity index (χ0v) is 12.2. The minimum absolute atomic E-state index is 0.724. The molecule has 0 saturated heterocycles. The molecule has 0 atom stereocenters. The lowest BCUT2D eigenvalue weighted by atomic mass is 10.2. The number of H-pyrrole nitrogens is 1. The quantitative estimate of drug-likeness (QED) is 0.765. The van der Waals surface area contributed by atoms with Gasteiger partial charge < -0.3 is 5.32 Å². The van der Waals surface area contributed by atoms with Crippen LogP contribution in [-0.2, 0) is 0 Å². The number of aromatic nitrogens is 3. The van der Waals surface area contributed by atoms with E-state index in [2.05, 4.69) is 57.8 Å². The van der Waals surface area contributed by atoms with Crippen molar-refractivity contribution in [2.24, 2.45) is 0 Å². The van der Waals surface area contributed by atoms with Gasteiger partial charge >= 0.3 is 0 Å². The van der Waals surface area contributed by atoms with Gasteiger partial charge in [-0.1, -0.05) is 42.5 Å². The predicted octanol–water partition coefficient (Wildman–Crippen LogP) is 3.70. The zero-order chi connectivity index (χ0) is 14.7. The van der Waals surface area contributed by atoms with Gasteiger partial charge in [0.15, 0.2) is 11.5 Å². The first-order valence-electron chi connectivity index (χ1n) is 7.02. The highest BCUT2D eigenvalue weighted by Crippen LogP contribution is 2.23. The zero-order valence-electron chi connectivity index (χ0n) is 12.2. The Balaban J connectivity index is 1.73. The number of hydrogen-bond donors (Lipinski definition) is 2. The van der Waals surface area contributed by atoms with Crippen molar-refractivity contribution in [1.29, 1.82) is 0 Å². The van der Waals surface area contributed by atoms with Crippen LogP contribution < -0.4 is 5.32 Å². The summed E-state index contributed by atoms with van der Waals surface area (Å²) in [6.07, 6.45) is 4.18. The second kappa shape index (κ2) is 5.79. The van der Waals surface area contributed by atoms with Gasteiger partial charge in [-0.15, -0.1) is 0 Å². The molecule has 0 fully saturated rings. The van der Waals surface area contributed by atoms with Crippen LogP contribution in [0, 0.1) is 13.8 Å². The summed E-state index contributed by atoms with van der Waals surface area (Å²) >= 11 is 0. The third kappa shape index (κ3) is 2.94. The Kier molecular flexibility index (Phi) is 3.69. The minimum atomic E-state index is 0.724. The second-order valence-electron chi connectivity index (χ2n) is 5.07. The van der Waals surface area contributed by atoms with Gasteiger partial charge in [0.1, 0.15) is 0 Å². The molecule has 0 radical (unpaired) electrons. The van der Waals surface area contributed by atoms with Gasteiger partial charge in [-0.25, -0.2) is 4.98 Å². The van der Waals surface area contributed by atoms with Crippen molar-refractivity contribution >= 4 is 22.9 Å².